The van der Waals surface area contributed by atoms with E-state index in [4.69, 9.17) is 17.3 Å². The summed E-state index contributed by atoms with van der Waals surface area (Å²) < 4.78 is 13.0. The van der Waals surface area contributed by atoms with Gasteiger partial charge in [-0.25, -0.2) is 4.39 Å². The molecule has 13 heavy (non-hydrogen) atoms. The number of hydrogen-bond donors (Lipinski definition) is 1. The summed E-state index contributed by atoms with van der Waals surface area (Å²) in [6.45, 7) is 0.213. The number of ketones is 1. The molecule has 1 rings (SSSR count). The van der Waals surface area contributed by atoms with E-state index in [0.29, 0.717) is 5.02 Å². The first-order valence-electron chi connectivity index (χ1n) is 3.83. The maximum Gasteiger partial charge on any atom is 0.167 e. The Morgan fingerprint density at radius 1 is 1.54 bits per heavy atom. The van der Waals surface area contributed by atoms with Gasteiger partial charge in [0, 0.05) is 11.4 Å². The van der Waals surface area contributed by atoms with Gasteiger partial charge in [0.05, 0.1) is 5.56 Å². The Hall–Kier alpha value is -0.930. The van der Waals surface area contributed by atoms with Crippen molar-refractivity contribution in [3.8, 4) is 0 Å². The molecule has 0 aliphatic heterocycles. The summed E-state index contributed by atoms with van der Waals surface area (Å²) in [5, 5.41) is 0.349. The van der Waals surface area contributed by atoms with E-state index < -0.39 is 5.82 Å². The SMILES string of the molecule is NCCC(=O)c1cc(Cl)ccc1F. The van der Waals surface area contributed by atoms with Gasteiger partial charge in [0.2, 0.25) is 0 Å². The number of Topliss-reactive ketones (excluding diaryl/α,β-unsaturated/α-hetero) is 1. The third-order valence-corrected chi connectivity index (χ3v) is 1.84. The molecule has 0 unspecified atom stereocenters. The standard InChI is InChI=1S/C9H9ClFNO/c10-6-1-2-8(11)7(5-6)9(13)3-4-12/h1-2,5H,3-4,12H2. The maximum atomic E-state index is 13.0. The van der Waals surface area contributed by atoms with Gasteiger partial charge in [-0.2, -0.15) is 0 Å². The molecule has 0 heterocycles. The van der Waals surface area contributed by atoms with Crippen molar-refractivity contribution < 1.29 is 9.18 Å². The monoisotopic (exact) mass is 201 g/mol. The van der Waals surface area contributed by atoms with Gasteiger partial charge in [0.25, 0.3) is 0 Å². The number of carbonyl (C=O) groups is 1. The fourth-order valence-corrected chi connectivity index (χ4v) is 1.15. The Morgan fingerprint density at radius 3 is 2.85 bits per heavy atom. The normalized spacial score (nSPS) is 10.1. The Bertz CT molecular complexity index is 327. The highest BCUT2D eigenvalue weighted by Crippen LogP contribution is 2.16. The summed E-state index contributed by atoms with van der Waals surface area (Å²) in [5.74, 6) is -0.870. The molecule has 0 fully saturated rings. The molecule has 0 atom stereocenters. The van der Waals surface area contributed by atoms with Crippen LogP contribution in [0.3, 0.4) is 0 Å². The molecular weight excluding hydrogens is 193 g/mol. The fraction of sp³-hybridized carbons (Fsp3) is 0.222. The van der Waals surface area contributed by atoms with Gasteiger partial charge in [-0.05, 0) is 24.7 Å². The summed E-state index contributed by atoms with van der Waals surface area (Å²) in [7, 11) is 0. The zero-order valence-electron chi connectivity index (χ0n) is 6.89. The van der Waals surface area contributed by atoms with Gasteiger partial charge < -0.3 is 5.73 Å². The first kappa shape index (κ1) is 10.2. The van der Waals surface area contributed by atoms with Crippen molar-refractivity contribution in [3.05, 3.63) is 34.6 Å². The quantitative estimate of drug-likeness (QED) is 0.761. The van der Waals surface area contributed by atoms with Crippen molar-refractivity contribution >= 4 is 17.4 Å². The van der Waals surface area contributed by atoms with Crippen molar-refractivity contribution in [2.24, 2.45) is 5.73 Å². The number of benzene rings is 1. The van der Waals surface area contributed by atoms with Crippen molar-refractivity contribution in [3.63, 3.8) is 0 Å². The molecule has 1 aromatic rings. The first-order chi connectivity index (χ1) is 6.15. The molecule has 1 aromatic carbocycles. The third kappa shape index (κ3) is 2.50. The number of carbonyl (C=O) groups excluding carboxylic acids is 1. The summed E-state index contributed by atoms with van der Waals surface area (Å²) in [5.41, 5.74) is 5.19. The molecule has 0 aliphatic carbocycles. The van der Waals surface area contributed by atoms with Crippen LogP contribution in [-0.4, -0.2) is 12.3 Å². The van der Waals surface area contributed by atoms with E-state index in [1.54, 1.807) is 0 Å². The Balaban J connectivity index is 2.99. The van der Waals surface area contributed by atoms with E-state index in [1.165, 1.54) is 18.2 Å². The molecule has 0 bridgehead atoms. The average Bonchev–Trinajstić information content (AvgIpc) is 2.09. The van der Waals surface area contributed by atoms with Crippen LogP contribution in [0.15, 0.2) is 18.2 Å². The van der Waals surface area contributed by atoms with Crippen LogP contribution < -0.4 is 5.73 Å². The van der Waals surface area contributed by atoms with Gasteiger partial charge in [0.15, 0.2) is 5.78 Å². The number of halogens is 2. The Labute approximate surface area is 80.5 Å². The van der Waals surface area contributed by atoms with Crippen LogP contribution in [0.4, 0.5) is 4.39 Å². The molecule has 0 aromatic heterocycles. The molecule has 2 nitrogen and oxygen atoms in total. The highest BCUT2D eigenvalue weighted by atomic mass is 35.5. The second-order valence-electron chi connectivity index (χ2n) is 2.59. The third-order valence-electron chi connectivity index (χ3n) is 1.60. The van der Waals surface area contributed by atoms with E-state index >= 15 is 0 Å². The van der Waals surface area contributed by atoms with Crippen LogP contribution in [-0.2, 0) is 0 Å². The number of hydrogen-bond acceptors (Lipinski definition) is 2. The minimum absolute atomic E-state index is 0.0120. The van der Waals surface area contributed by atoms with E-state index in [-0.39, 0.29) is 24.3 Å². The van der Waals surface area contributed by atoms with E-state index in [1.807, 2.05) is 0 Å². The van der Waals surface area contributed by atoms with Crippen molar-refractivity contribution in [1.29, 1.82) is 0 Å². The highest BCUT2D eigenvalue weighted by molar-refractivity contribution is 6.31. The first-order valence-corrected chi connectivity index (χ1v) is 4.21. The molecule has 0 amide bonds. The summed E-state index contributed by atoms with van der Waals surface area (Å²) in [4.78, 5) is 11.2. The predicted octanol–water partition coefficient (Wildman–Crippen LogP) is 2.01. The van der Waals surface area contributed by atoms with Crippen LogP contribution in [0.2, 0.25) is 5.02 Å². The zero-order chi connectivity index (χ0) is 9.84. The van der Waals surface area contributed by atoms with Crippen LogP contribution in [0.25, 0.3) is 0 Å². The largest absolute Gasteiger partial charge is 0.330 e. The van der Waals surface area contributed by atoms with Gasteiger partial charge in [-0.3, -0.25) is 4.79 Å². The van der Waals surface area contributed by atoms with Crippen molar-refractivity contribution in [1.82, 2.24) is 0 Å². The number of rotatable bonds is 3. The van der Waals surface area contributed by atoms with Gasteiger partial charge in [-0.15, -0.1) is 0 Å². The summed E-state index contributed by atoms with van der Waals surface area (Å²) in [6, 6.07) is 3.89. The van der Waals surface area contributed by atoms with Gasteiger partial charge in [-0.1, -0.05) is 11.6 Å². The van der Waals surface area contributed by atoms with Gasteiger partial charge in [0.1, 0.15) is 5.82 Å². The van der Waals surface area contributed by atoms with Crippen LogP contribution in [0.5, 0.6) is 0 Å². The van der Waals surface area contributed by atoms with Crippen LogP contribution in [0.1, 0.15) is 16.8 Å². The molecule has 0 spiro atoms. The smallest absolute Gasteiger partial charge is 0.167 e. The minimum Gasteiger partial charge on any atom is -0.330 e. The summed E-state index contributed by atoms with van der Waals surface area (Å²) >= 11 is 5.61. The molecule has 0 aliphatic rings. The Kier molecular flexibility index (Phi) is 3.39. The molecular formula is C9H9ClFNO. The highest BCUT2D eigenvalue weighted by Gasteiger charge is 2.10. The molecule has 4 heteroatoms. The van der Waals surface area contributed by atoms with E-state index in [0.717, 1.165) is 0 Å². The summed E-state index contributed by atoms with van der Waals surface area (Å²) in [6.07, 6.45) is 0.136. The molecule has 70 valence electrons. The molecule has 0 saturated heterocycles. The number of nitrogens with two attached hydrogens (primary N) is 1. The molecule has 2 N–H and O–H groups in total. The fourth-order valence-electron chi connectivity index (χ4n) is 0.977. The lowest BCUT2D eigenvalue weighted by Gasteiger charge is -2.01. The second kappa shape index (κ2) is 4.35. The zero-order valence-corrected chi connectivity index (χ0v) is 7.64. The van der Waals surface area contributed by atoms with Crippen molar-refractivity contribution in [2.45, 2.75) is 6.42 Å². The Morgan fingerprint density at radius 2 is 2.23 bits per heavy atom. The molecule has 0 radical (unpaired) electrons. The van der Waals surface area contributed by atoms with Crippen molar-refractivity contribution in [2.75, 3.05) is 6.54 Å². The lowest BCUT2D eigenvalue weighted by Crippen LogP contribution is -2.09. The minimum atomic E-state index is -0.553. The lowest BCUT2D eigenvalue weighted by molar-refractivity contribution is 0.0981. The lowest BCUT2D eigenvalue weighted by atomic mass is 10.1. The predicted molar refractivity (Wildman–Crippen MR) is 49.4 cm³/mol. The van der Waals surface area contributed by atoms with Crippen LogP contribution >= 0.6 is 11.6 Å². The maximum absolute atomic E-state index is 13.0. The average molecular weight is 202 g/mol. The molecule has 0 saturated carbocycles. The topological polar surface area (TPSA) is 43.1 Å². The second-order valence-corrected chi connectivity index (χ2v) is 3.02. The van der Waals surface area contributed by atoms with E-state index in [2.05, 4.69) is 0 Å². The van der Waals surface area contributed by atoms with E-state index in [9.17, 15) is 9.18 Å². The van der Waals surface area contributed by atoms with Gasteiger partial charge >= 0.3 is 0 Å². The van der Waals surface area contributed by atoms with Crippen LogP contribution in [0, 0.1) is 5.82 Å².